The van der Waals surface area contributed by atoms with E-state index in [1.54, 1.807) is 24.3 Å². The van der Waals surface area contributed by atoms with Gasteiger partial charge in [-0.25, -0.2) is 0 Å². The van der Waals surface area contributed by atoms with Crippen LogP contribution in [0, 0.1) is 17.2 Å². The van der Waals surface area contributed by atoms with Crippen molar-refractivity contribution in [1.82, 2.24) is 0 Å². The van der Waals surface area contributed by atoms with Crippen LogP contribution in [0.15, 0.2) is 24.3 Å². The second-order valence-corrected chi connectivity index (χ2v) is 5.71. The Hall–Kier alpha value is -1.86. The van der Waals surface area contributed by atoms with Crippen LogP contribution in [0.25, 0.3) is 0 Å². The first-order valence-corrected chi connectivity index (χ1v) is 7.59. The van der Waals surface area contributed by atoms with Crippen molar-refractivity contribution in [3.05, 3.63) is 29.8 Å². The van der Waals surface area contributed by atoms with Crippen molar-refractivity contribution < 1.29 is 9.53 Å². The third kappa shape index (κ3) is 4.87. The van der Waals surface area contributed by atoms with Crippen molar-refractivity contribution >= 4 is 11.6 Å². The highest BCUT2D eigenvalue weighted by atomic mass is 16.5. The van der Waals surface area contributed by atoms with E-state index < -0.39 is 0 Å². The first kappa shape index (κ1) is 15.5. The molecule has 4 nitrogen and oxygen atoms in total. The second kappa shape index (κ2) is 7.80. The molecule has 0 atom stereocenters. The lowest BCUT2D eigenvalue weighted by Gasteiger charge is -2.26. The number of nitrogens with one attached hydrogen (secondary N) is 1. The predicted molar refractivity (Wildman–Crippen MR) is 81.8 cm³/mol. The summed E-state index contributed by atoms with van der Waals surface area (Å²) in [5.74, 6) is 0.692. The maximum absolute atomic E-state index is 11.9. The summed E-state index contributed by atoms with van der Waals surface area (Å²) in [6.07, 6.45) is 5.26. The maximum atomic E-state index is 11.9. The van der Waals surface area contributed by atoms with E-state index in [0.29, 0.717) is 30.4 Å². The number of carbonyl (C=O) groups is 1. The van der Waals surface area contributed by atoms with E-state index in [-0.39, 0.29) is 5.91 Å². The van der Waals surface area contributed by atoms with Crippen LogP contribution < -0.4 is 5.32 Å². The number of rotatable bonds is 5. The lowest BCUT2D eigenvalue weighted by Crippen LogP contribution is -2.23. The van der Waals surface area contributed by atoms with Crippen molar-refractivity contribution in [3.63, 3.8) is 0 Å². The van der Waals surface area contributed by atoms with Gasteiger partial charge in [0, 0.05) is 0 Å². The molecule has 4 heteroatoms. The highest BCUT2D eigenvalue weighted by Crippen LogP contribution is 2.25. The summed E-state index contributed by atoms with van der Waals surface area (Å²) in [6.45, 7) is 2.72. The molecular formula is C17H22N2O2. The van der Waals surface area contributed by atoms with Gasteiger partial charge in [-0.1, -0.05) is 19.1 Å². The predicted octanol–water partition coefficient (Wildman–Crippen LogP) is 3.48. The lowest BCUT2D eigenvalue weighted by molar-refractivity contribution is -0.117. The van der Waals surface area contributed by atoms with Gasteiger partial charge in [0.1, 0.15) is 6.07 Å². The van der Waals surface area contributed by atoms with Crippen LogP contribution in [0.3, 0.4) is 0 Å². The van der Waals surface area contributed by atoms with Gasteiger partial charge in [-0.15, -0.1) is 0 Å². The fourth-order valence-corrected chi connectivity index (χ4v) is 2.62. The highest BCUT2D eigenvalue weighted by Gasteiger charge is 2.18. The topological polar surface area (TPSA) is 62.1 Å². The van der Waals surface area contributed by atoms with Crippen LogP contribution in [0.1, 0.15) is 44.6 Å². The molecule has 0 radical (unpaired) electrons. The van der Waals surface area contributed by atoms with Crippen LogP contribution in [0.4, 0.5) is 5.69 Å². The summed E-state index contributed by atoms with van der Waals surface area (Å²) in [6, 6.07) is 9.07. The van der Waals surface area contributed by atoms with Crippen LogP contribution in [-0.2, 0) is 9.53 Å². The van der Waals surface area contributed by atoms with E-state index in [0.717, 1.165) is 18.8 Å². The lowest BCUT2D eigenvalue weighted by atomic mass is 9.89. The molecule has 0 spiro atoms. The van der Waals surface area contributed by atoms with Crippen molar-refractivity contribution in [2.45, 2.75) is 45.1 Å². The Morgan fingerprint density at radius 3 is 2.76 bits per heavy atom. The minimum atomic E-state index is -0.109. The molecule has 1 N–H and O–H groups in total. The first-order valence-electron chi connectivity index (χ1n) is 7.59. The molecule has 1 aliphatic carbocycles. The fourth-order valence-electron chi connectivity index (χ4n) is 2.62. The summed E-state index contributed by atoms with van der Waals surface area (Å²) < 4.78 is 5.77. The number of benzene rings is 1. The largest absolute Gasteiger partial charge is 0.378 e. The quantitative estimate of drug-likeness (QED) is 0.901. The summed E-state index contributed by atoms with van der Waals surface area (Å²) >= 11 is 0. The first-order chi connectivity index (χ1) is 10.2. The number of nitrogens with zero attached hydrogens (tertiary/aromatic N) is 1. The summed E-state index contributed by atoms with van der Waals surface area (Å²) in [5.41, 5.74) is 1.05. The summed E-state index contributed by atoms with van der Waals surface area (Å²) in [4.78, 5) is 11.9. The standard InChI is InChI=1S/C17H22N2O2/c1-13-6-8-15(9-7-13)21-11-10-17(20)19-16-5-3-2-4-14(16)12-18/h2-5,13,15H,6-11H2,1H3,(H,19,20). The smallest absolute Gasteiger partial charge is 0.226 e. The van der Waals surface area contributed by atoms with Gasteiger partial charge < -0.3 is 10.1 Å². The van der Waals surface area contributed by atoms with Crippen molar-refractivity contribution in [2.75, 3.05) is 11.9 Å². The van der Waals surface area contributed by atoms with Crippen LogP contribution >= 0.6 is 0 Å². The Morgan fingerprint density at radius 2 is 2.05 bits per heavy atom. The number of carbonyl (C=O) groups excluding carboxylic acids is 1. The molecule has 1 amide bonds. The molecule has 2 rings (SSSR count). The van der Waals surface area contributed by atoms with Crippen molar-refractivity contribution in [2.24, 2.45) is 5.92 Å². The third-order valence-corrected chi connectivity index (χ3v) is 3.97. The molecule has 1 saturated carbocycles. The molecule has 0 saturated heterocycles. The molecule has 1 aliphatic rings. The second-order valence-electron chi connectivity index (χ2n) is 5.71. The molecule has 1 fully saturated rings. The number of anilines is 1. The van der Waals surface area contributed by atoms with Gasteiger partial charge in [0.2, 0.25) is 5.91 Å². The van der Waals surface area contributed by atoms with E-state index in [4.69, 9.17) is 10.00 Å². The third-order valence-electron chi connectivity index (χ3n) is 3.97. The van der Waals surface area contributed by atoms with Gasteiger partial charge in [-0.3, -0.25) is 4.79 Å². The Kier molecular flexibility index (Phi) is 5.77. The number of nitriles is 1. The van der Waals surface area contributed by atoms with Crippen molar-refractivity contribution in [3.8, 4) is 6.07 Å². The zero-order valence-electron chi connectivity index (χ0n) is 12.5. The summed E-state index contributed by atoms with van der Waals surface area (Å²) in [5, 5.41) is 11.7. The SMILES string of the molecule is CC1CCC(OCCC(=O)Nc2ccccc2C#N)CC1. The molecule has 0 aromatic heterocycles. The highest BCUT2D eigenvalue weighted by molar-refractivity contribution is 5.92. The van der Waals surface area contributed by atoms with E-state index in [1.807, 2.05) is 0 Å². The van der Waals surface area contributed by atoms with Gasteiger partial charge in [-0.05, 0) is 43.7 Å². The number of amides is 1. The Morgan fingerprint density at radius 1 is 1.33 bits per heavy atom. The average molecular weight is 286 g/mol. The maximum Gasteiger partial charge on any atom is 0.226 e. The number of hydrogen-bond donors (Lipinski definition) is 1. The Balaban J connectivity index is 1.72. The van der Waals surface area contributed by atoms with Gasteiger partial charge >= 0.3 is 0 Å². The molecular weight excluding hydrogens is 264 g/mol. The number of para-hydroxylation sites is 1. The molecule has 1 aromatic carbocycles. The minimum Gasteiger partial charge on any atom is -0.378 e. The van der Waals surface area contributed by atoms with E-state index in [9.17, 15) is 4.79 Å². The van der Waals surface area contributed by atoms with Crippen molar-refractivity contribution in [1.29, 1.82) is 5.26 Å². The molecule has 0 heterocycles. The van der Waals surface area contributed by atoms with Gasteiger partial charge in [0.05, 0.1) is 30.4 Å². The zero-order valence-corrected chi connectivity index (χ0v) is 12.5. The van der Waals surface area contributed by atoms with E-state index in [2.05, 4.69) is 18.3 Å². The molecule has 21 heavy (non-hydrogen) atoms. The Bertz CT molecular complexity index is 514. The van der Waals surface area contributed by atoms with E-state index >= 15 is 0 Å². The van der Waals surface area contributed by atoms with Crippen LogP contribution in [0.5, 0.6) is 0 Å². The van der Waals surface area contributed by atoms with E-state index in [1.165, 1.54) is 12.8 Å². The zero-order chi connectivity index (χ0) is 15.1. The fraction of sp³-hybridized carbons (Fsp3) is 0.529. The molecule has 112 valence electrons. The molecule has 0 aliphatic heterocycles. The minimum absolute atomic E-state index is 0.109. The molecule has 0 bridgehead atoms. The van der Waals surface area contributed by atoms with Gasteiger partial charge in [-0.2, -0.15) is 5.26 Å². The average Bonchev–Trinajstić information content (AvgIpc) is 2.50. The molecule has 0 unspecified atom stereocenters. The normalized spacial score (nSPS) is 21.5. The summed E-state index contributed by atoms with van der Waals surface area (Å²) in [7, 11) is 0. The van der Waals surface area contributed by atoms with Crippen LogP contribution in [-0.4, -0.2) is 18.6 Å². The van der Waals surface area contributed by atoms with Gasteiger partial charge in [0.25, 0.3) is 0 Å². The molecule has 1 aromatic rings. The number of ether oxygens (including phenoxy) is 1. The number of hydrogen-bond acceptors (Lipinski definition) is 3. The van der Waals surface area contributed by atoms with Gasteiger partial charge in [0.15, 0.2) is 0 Å². The monoisotopic (exact) mass is 286 g/mol. The Labute approximate surface area is 126 Å². The van der Waals surface area contributed by atoms with Crippen LogP contribution in [0.2, 0.25) is 0 Å².